The standard InChI is InChI=1S/C27H19NO/c1-27(2)20-12-11-17-16-8-4-6-10-24(16)29-26(17)25(20)19-14-23-18(13-21(19)27)15-7-3-5-9-22(15)28-23/h3-14,28H,1-2H3. The summed E-state index contributed by atoms with van der Waals surface area (Å²) >= 11 is 0. The summed E-state index contributed by atoms with van der Waals surface area (Å²) in [6.07, 6.45) is 0. The molecule has 7 rings (SSSR count). The summed E-state index contributed by atoms with van der Waals surface area (Å²) in [4.78, 5) is 3.61. The summed E-state index contributed by atoms with van der Waals surface area (Å²) in [5, 5.41) is 4.95. The Morgan fingerprint density at radius 1 is 0.690 bits per heavy atom. The molecule has 0 bridgehead atoms. The summed E-state index contributed by atoms with van der Waals surface area (Å²) in [6, 6.07) is 26.1. The maximum Gasteiger partial charge on any atom is 0.143 e. The van der Waals surface area contributed by atoms with Crippen molar-refractivity contribution in [3.8, 4) is 11.1 Å². The Hall–Kier alpha value is -3.52. The highest BCUT2D eigenvalue weighted by Gasteiger charge is 2.38. The number of hydrogen-bond donors (Lipinski definition) is 1. The van der Waals surface area contributed by atoms with Gasteiger partial charge in [-0.05, 0) is 41.0 Å². The van der Waals surface area contributed by atoms with Crippen molar-refractivity contribution >= 4 is 43.7 Å². The lowest BCUT2D eigenvalue weighted by Gasteiger charge is -2.21. The van der Waals surface area contributed by atoms with E-state index in [-0.39, 0.29) is 5.41 Å². The van der Waals surface area contributed by atoms with Crippen molar-refractivity contribution in [3.63, 3.8) is 0 Å². The van der Waals surface area contributed by atoms with Crippen molar-refractivity contribution in [2.24, 2.45) is 0 Å². The van der Waals surface area contributed by atoms with E-state index < -0.39 is 0 Å². The average Bonchev–Trinajstić information content (AvgIpc) is 3.35. The largest absolute Gasteiger partial charge is 0.455 e. The molecule has 4 aromatic carbocycles. The molecule has 1 aliphatic carbocycles. The van der Waals surface area contributed by atoms with Gasteiger partial charge >= 0.3 is 0 Å². The van der Waals surface area contributed by atoms with Gasteiger partial charge < -0.3 is 9.40 Å². The van der Waals surface area contributed by atoms with E-state index in [1.165, 1.54) is 54.8 Å². The molecule has 0 spiro atoms. The predicted molar refractivity (Wildman–Crippen MR) is 121 cm³/mol. The van der Waals surface area contributed by atoms with E-state index in [9.17, 15) is 0 Å². The number of H-pyrrole nitrogens is 1. The highest BCUT2D eigenvalue weighted by atomic mass is 16.3. The van der Waals surface area contributed by atoms with Crippen LogP contribution in [0.1, 0.15) is 25.0 Å². The Labute approximate surface area is 167 Å². The van der Waals surface area contributed by atoms with Gasteiger partial charge in [0, 0.05) is 43.6 Å². The molecule has 1 aliphatic rings. The molecule has 29 heavy (non-hydrogen) atoms. The van der Waals surface area contributed by atoms with Crippen LogP contribution in [0.3, 0.4) is 0 Å². The molecular weight excluding hydrogens is 354 g/mol. The summed E-state index contributed by atoms with van der Waals surface area (Å²) < 4.78 is 6.41. The van der Waals surface area contributed by atoms with Gasteiger partial charge in [-0.1, -0.05) is 62.4 Å². The quantitative estimate of drug-likeness (QED) is 0.293. The molecular formula is C27H19NO. The Bertz CT molecular complexity index is 1630. The maximum atomic E-state index is 6.41. The van der Waals surface area contributed by atoms with Crippen LogP contribution in [0.2, 0.25) is 0 Å². The van der Waals surface area contributed by atoms with E-state index in [1.54, 1.807) is 0 Å². The number of furan rings is 1. The SMILES string of the molecule is CC1(C)c2cc3c(cc2-c2c1ccc1c2oc2ccccc21)[nH]c1ccccc13. The Morgan fingerprint density at radius 2 is 1.48 bits per heavy atom. The number of rotatable bonds is 0. The number of aromatic amines is 1. The van der Waals surface area contributed by atoms with Crippen molar-refractivity contribution in [1.82, 2.24) is 4.98 Å². The normalized spacial score (nSPS) is 14.8. The summed E-state index contributed by atoms with van der Waals surface area (Å²) in [6.45, 7) is 4.65. The third-order valence-electron chi connectivity index (χ3n) is 6.81. The smallest absolute Gasteiger partial charge is 0.143 e. The second kappa shape index (κ2) is 4.90. The van der Waals surface area contributed by atoms with Crippen molar-refractivity contribution in [1.29, 1.82) is 0 Å². The molecule has 2 heterocycles. The lowest BCUT2D eigenvalue weighted by Crippen LogP contribution is -2.14. The third kappa shape index (κ3) is 1.78. The van der Waals surface area contributed by atoms with Crippen LogP contribution >= 0.6 is 0 Å². The molecule has 138 valence electrons. The summed E-state index contributed by atoms with van der Waals surface area (Å²) in [5.41, 5.74) is 9.51. The van der Waals surface area contributed by atoms with Crippen LogP contribution in [0, 0.1) is 0 Å². The van der Waals surface area contributed by atoms with E-state index in [0.29, 0.717) is 0 Å². The Morgan fingerprint density at radius 3 is 2.38 bits per heavy atom. The van der Waals surface area contributed by atoms with Crippen LogP contribution in [0.25, 0.3) is 54.9 Å². The molecule has 0 unspecified atom stereocenters. The number of benzene rings is 4. The van der Waals surface area contributed by atoms with Crippen molar-refractivity contribution in [2.45, 2.75) is 19.3 Å². The van der Waals surface area contributed by atoms with Crippen molar-refractivity contribution in [3.05, 3.63) is 83.9 Å². The van der Waals surface area contributed by atoms with Gasteiger partial charge in [0.15, 0.2) is 0 Å². The van der Waals surface area contributed by atoms with Crippen LogP contribution in [0.5, 0.6) is 0 Å². The van der Waals surface area contributed by atoms with Crippen LogP contribution in [-0.4, -0.2) is 4.98 Å². The molecule has 0 saturated carbocycles. The fraction of sp³-hybridized carbons (Fsp3) is 0.111. The molecule has 0 fully saturated rings. The zero-order valence-corrected chi connectivity index (χ0v) is 16.3. The van der Waals surface area contributed by atoms with Crippen LogP contribution in [-0.2, 0) is 5.41 Å². The lowest BCUT2D eigenvalue weighted by molar-refractivity contribution is 0.654. The fourth-order valence-electron chi connectivity index (χ4n) is 5.34. The van der Waals surface area contributed by atoms with Crippen LogP contribution < -0.4 is 0 Å². The summed E-state index contributed by atoms with van der Waals surface area (Å²) in [7, 11) is 0. The topological polar surface area (TPSA) is 28.9 Å². The van der Waals surface area contributed by atoms with Crippen molar-refractivity contribution < 1.29 is 4.42 Å². The van der Waals surface area contributed by atoms with Gasteiger partial charge in [-0.2, -0.15) is 0 Å². The average molecular weight is 373 g/mol. The molecule has 0 radical (unpaired) electrons. The second-order valence-corrected chi connectivity index (χ2v) is 8.70. The van der Waals surface area contributed by atoms with Gasteiger partial charge in [-0.3, -0.25) is 0 Å². The number of para-hydroxylation sites is 2. The first-order chi connectivity index (χ1) is 14.1. The number of aromatic nitrogens is 1. The molecule has 0 atom stereocenters. The van der Waals surface area contributed by atoms with E-state index >= 15 is 0 Å². The number of hydrogen-bond acceptors (Lipinski definition) is 1. The van der Waals surface area contributed by atoms with Crippen molar-refractivity contribution in [2.75, 3.05) is 0 Å². The first-order valence-corrected chi connectivity index (χ1v) is 10.1. The molecule has 2 aromatic heterocycles. The minimum atomic E-state index is -0.0651. The lowest BCUT2D eigenvalue weighted by atomic mass is 9.82. The molecule has 0 amide bonds. The zero-order chi connectivity index (χ0) is 19.3. The first kappa shape index (κ1) is 15.4. The molecule has 1 N–H and O–H groups in total. The molecule has 0 aliphatic heterocycles. The van der Waals surface area contributed by atoms with Gasteiger partial charge in [0.2, 0.25) is 0 Å². The monoisotopic (exact) mass is 373 g/mol. The Kier molecular flexibility index (Phi) is 2.60. The van der Waals surface area contributed by atoms with Crippen LogP contribution in [0.4, 0.5) is 0 Å². The van der Waals surface area contributed by atoms with Gasteiger partial charge in [-0.25, -0.2) is 0 Å². The fourth-order valence-corrected chi connectivity index (χ4v) is 5.34. The van der Waals surface area contributed by atoms with Crippen LogP contribution in [0.15, 0.2) is 77.2 Å². The highest BCUT2D eigenvalue weighted by Crippen LogP contribution is 2.53. The van der Waals surface area contributed by atoms with Gasteiger partial charge in [-0.15, -0.1) is 0 Å². The third-order valence-corrected chi connectivity index (χ3v) is 6.81. The maximum absolute atomic E-state index is 6.41. The number of fused-ring (bicyclic) bond motifs is 10. The van der Waals surface area contributed by atoms with E-state index in [4.69, 9.17) is 4.42 Å². The molecule has 2 nitrogen and oxygen atoms in total. The predicted octanol–water partition coefficient (Wildman–Crippen LogP) is 7.53. The first-order valence-electron chi connectivity index (χ1n) is 10.1. The van der Waals surface area contributed by atoms with Gasteiger partial charge in [0.05, 0.1) is 0 Å². The minimum absolute atomic E-state index is 0.0651. The minimum Gasteiger partial charge on any atom is -0.455 e. The van der Waals surface area contributed by atoms with Gasteiger partial charge in [0.1, 0.15) is 11.2 Å². The van der Waals surface area contributed by atoms with E-state index in [1.807, 2.05) is 6.07 Å². The van der Waals surface area contributed by atoms with E-state index in [2.05, 4.69) is 85.6 Å². The Balaban J connectivity index is 1.66. The second-order valence-electron chi connectivity index (χ2n) is 8.70. The summed E-state index contributed by atoms with van der Waals surface area (Å²) in [5.74, 6) is 0. The molecule has 6 aromatic rings. The van der Waals surface area contributed by atoms with Gasteiger partial charge in [0.25, 0.3) is 0 Å². The van der Waals surface area contributed by atoms with E-state index in [0.717, 1.165) is 11.2 Å². The highest BCUT2D eigenvalue weighted by molar-refractivity contribution is 6.14. The molecule has 2 heteroatoms. The zero-order valence-electron chi connectivity index (χ0n) is 16.3. The number of nitrogens with one attached hydrogen (secondary N) is 1. The molecule has 0 saturated heterocycles.